The van der Waals surface area contributed by atoms with E-state index in [0.717, 1.165) is 36.9 Å². The third-order valence-corrected chi connectivity index (χ3v) is 4.91. The first-order valence-corrected chi connectivity index (χ1v) is 8.98. The van der Waals surface area contributed by atoms with Crippen LogP contribution in [0.2, 0.25) is 0 Å². The van der Waals surface area contributed by atoms with E-state index in [4.69, 9.17) is 12.2 Å². The maximum atomic E-state index is 11.9. The summed E-state index contributed by atoms with van der Waals surface area (Å²) in [4.78, 5) is 21.6. The van der Waals surface area contributed by atoms with Crippen molar-refractivity contribution in [1.82, 2.24) is 15.2 Å². The second-order valence-electron chi connectivity index (χ2n) is 5.31. The molecule has 0 bridgehead atoms. The van der Waals surface area contributed by atoms with Gasteiger partial charge in [0.05, 0.1) is 0 Å². The zero-order valence-corrected chi connectivity index (χ0v) is 14.7. The molecular formula is C17H18N4OS2. The fraction of sp³-hybridized carbons (Fsp3) is 0.235. The average molecular weight is 358 g/mol. The quantitative estimate of drug-likeness (QED) is 0.674. The Morgan fingerprint density at radius 3 is 2.71 bits per heavy atom. The first kappa shape index (κ1) is 16.6. The van der Waals surface area contributed by atoms with E-state index >= 15 is 0 Å². The van der Waals surface area contributed by atoms with Crippen molar-refractivity contribution in [2.45, 2.75) is 0 Å². The number of rotatable bonds is 3. The van der Waals surface area contributed by atoms with Crippen molar-refractivity contribution in [3.63, 3.8) is 0 Å². The summed E-state index contributed by atoms with van der Waals surface area (Å²) in [6.45, 7) is 3.20. The summed E-state index contributed by atoms with van der Waals surface area (Å²) < 4.78 is 0. The van der Waals surface area contributed by atoms with Gasteiger partial charge < -0.3 is 9.80 Å². The minimum atomic E-state index is -0.194. The Morgan fingerprint density at radius 2 is 2.04 bits per heavy atom. The number of thiocarbonyl (C=S) groups is 1. The molecule has 0 aromatic carbocycles. The molecule has 1 N–H and O–H groups in total. The van der Waals surface area contributed by atoms with Gasteiger partial charge in [0.25, 0.3) is 0 Å². The summed E-state index contributed by atoms with van der Waals surface area (Å²) in [5, 5.41) is 5.23. The second-order valence-corrected chi connectivity index (χ2v) is 6.67. The van der Waals surface area contributed by atoms with Crippen molar-refractivity contribution >= 4 is 46.5 Å². The van der Waals surface area contributed by atoms with E-state index in [1.54, 1.807) is 23.6 Å². The molecule has 0 unspecified atom stereocenters. The van der Waals surface area contributed by atoms with E-state index in [0.29, 0.717) is 5.11 Å². The fourth-order valence-electron chi connectivity index (χ4n) is 2.45. The minimum absolute atomic E-state index is 0.194. The van der Waals surface area contributed by atoms with E-state index < -0.39 is 0 Å². The van der Waals surface area contributed by atoms with Crippen molar-refractivity contribution in [2.75, 3.05) is 31.1 Å². The predicted molar refractivity (Wildman–Crippen MR) is 102 cm³/mol. The van der Waals surface area contributed by atoms with Crippen LogP contribution in [0.4, 0.5) is 5.82 Å². The Morgan fingerprint density at radius 1 is 1.21 bits per heavy atom. The van der Waals surface area contributed by atoms with Crippen LogP contribution < -0.4 is 10.2 Å². The largest absolute Gasteiger partial charge is 0.353 e. The van der Waals surface area contributed by atoms with Crippen LogP contribution in [-0.2, 0) is 4.79 Å². The van der Waals surface area contributed by atoms with Gasteiger partial charge in [0.15, 0.2) is 5.11 Å². The highest BCUT2D eigenvalue weighted by molar-refractivity contribution is 7.80. The number of aromatic nitrogens is 1. The van der Waals surface area contributed by atoms with Crippen LogP contribution in [-0.4, -0.2) is 47.1 Å². The number of hydrogen-bond donors (Lipinski definition) is 1. The van der Waals surface area contributed by atoms with Gasteiger partial charge in [0.1, 0.15) is 5.82 Å². The minimum Gasteiger partial charge on any atom is -0.353 e. The average Bonchev–Trinajstić information content (AvgIpc) is 3.14. The van der Waals surface area contributed by atoms with Crippen molar-refractivity contribution in [1.29, 1.82) is 0 Å². The van der Waals surface area contributed by atoms with Gasteiger partial charge in [-0.15, -0.1) is 11.3 Å². The third-order valence-electron chi connectivity index (χ3n) is 3.71. The zero-order chi connectivity index (χ0) is 16.8. The normalized spacial score (nSPS) is 14.8. The van der Waals surface area contributed by atoms with Gasteiger partial charge in [-0.25, -0.2) is 4.98 Å². The molecule has 5 nitrogen and oxygen atoms in total. The molecule has 124 valence electrons. The van der Waals surface area contributed by atoms with E-state index in [2.05, 4.69) is 15.2 Å². The van der Waals surface area contributed by atoms with Gasteiger partial charge in [0, 0.05) is 43.3 Å². The first-order valence-electron chi connectivity index (χ1n) is 7.70. The van der Waals surface area contributed by atoms with Crippen LogP contribution >= 0.6 is 23.6 Å². The van der Waals surface area contributed by atoms with Crippen LogP contribution in [0.1, 0.15) is 4.88 Å². The maximum Gasteiger partial charge on any atom is 0.250 e. The second kappa shape index (κ2) is 8.03. The van der Waals surface area contributed by atoms with Gasteiger partial charge in [-0.05, 0) is 41.9 Å². The molecule has 1 fully saturated rings. The van der Waals surface area contributed by atoms with E-state index in [9.17, 15) is 4.79 Å². The molecule has 0 spiro atoms. The van der Waals surface area contributed by atoms with Crippen LogP contribution in [0.25, 0.3) is 6.08 Å². The monoisotopic (exact) mass is 358 g/mol. The SMILES string of the molecule is O=C(/C=C/c1cccs1)NC(=S)N1CCN(c2ccccn2)CC1. The molecule has 7 heteroatoms. The lowest BCUT2D eigenvalue weighted by Gasteiger charge is -2.36. The Bertz CT molecular complexity index is 707. The number of hydrogen-bond acceptors (Lipinski definition) is 5. The van der Waals surface area contributed by atoms with Crippen LogP contribution in [0, 0.1) is 0 Å². The molecule has 1 aliphatic rings. The highest BCUT2D eigenvalue weighted by Crippen LogP contribution is 2.13. The topological polar surface area (TPSA) is 48.5 Å². The molecule has 0 radical (unpaired) electrons. The molecule has 3 rings (SSSR count). The van der Waals surface area contributed by atoms with E-state index in [1.807, 2.05) is 40.6 Å². The molecule has 0 aliphatic carbocycles. The smallest absolute Gasteiger partial charge is 0.250 e. The molecule has 2 aromatic rings. The molecule has 0 saturated carbocycles. The van der Waals surface area contributed by atoms with Crippen LogP contribution in [0.15, 0.2) is 48.0 Å². The molecule has 1 aliphatic heterocycles. The molecular weight excluding hydrogens is 340 g/mol. The number of thiophene rings is 1. The first-order chi connectivity index (χ1) is 11.7. The highest BCUT2D eigenvalue weighted by Gasteiger charge is 2.20. The van der Waals surface area contributed by atoms with Gasteiger partial charge in [0.2, 0.25) is 5.91 Å². The van der Waals surface area contributed by atoms with Gasteiger partial charge in [-0.1, -0.05) is 12.1 Å². The van der Waals surface area contributed by atoms with Gasteiger partial charge in [-0.2, -0.15) is 0 Å². The number of pyridine rings is 1. The number of piperazine rings is 1. The predicted octanol–water partition coefficient (Wildman–Crippen LogP) is 2.38. The molecule has 24 heavy (non-hydrogen) atoms. The Kier molecular flexibility index (Phi) is 5.55. The number of amides is 1. The number of carbonyl (C=O) groups excluding carboxylic acids is 1. The van der Waals surface area contributed by atoms with Gasteiger partial charge >= 0.3 is 0 Å². The number of nitrogens with zero attached hydrogens (tertiary/aromatic N) is 3. The number of anilines is 1. The Labute approximate surface area is 150 Å². The van der Waals surface area contributed by atoms with Crippen molar-refractivity contribution in [2.24, 2.45) is 0 Å². The summed E-state index contributed by atoms with van der Waals surface area (Å²) in [6, 6.07) is 9.82. The van der Waals surface area contributed by atoms with E-state index in [1.165, 1.54) is 6.08 Å². The zero-order valence-electron chi connectivity index (χ0n) is 13.1. The number of carbonyl (C=O) groups is 1. The molecule has 1 amide bonds. The summed E-state index contributed by atoms with van der Waals surface area (Å²) in [5.74, 6) is 0.784. The van der Waals surface area contributed by atoms with Crippen molar-refractivity contribution in [3.05, 3.63) is 52.9 Å². The Hall–Kier alpha value is -2.25. The fourth-order valence-corrected chi connectivity index (χ4v) is 3.35. The van der Waals surface area contributed by atoms with Crippen molar-refractivity contribution < 1.29 is 4.79 Å². The lowest BCUT2D eigenvalue weighted by Crippen LogP contribution is -2.52. The molecule has 1 saturated heterocycles. The standard InChI is InChI=1S/C17H18N4OS2/c22-16(7-6-14-4-3-13-24-14)19-17(23)21-11-9-20(10-12-21)15-5-1-2-8-18-15/h1-8,13H,9-12H2,(H,19,22,23)/b7-6+. The van der Waals surface area contributed by atoms with Crippen molar-refractivity contribution in [3.8, 4) is 0 Å². The van der Waals surface area contributed by atoms with E-state index in [-0.39, 0.29) is 5.91 Å². The molecule has 2 aromatic heterocycles. The highest BCUT2D eigenvalue weighted by atomic mass is 32.1. The summed E-state index contributed by atoms with van der Waals surface area (Å²) >= 11 is 6.94. The summed E-state index contributed by atoms with van der Waals surface area (Å²) in [7, 11) is 0. The Balaban J connectivity index is 1.47. The molecule has 3 heterocycles. The maximum absolute atomic E-state index is 11.9. The lowest BCUT2D eigenvalue weighted by atomic mass is 10.3. The van der Waals surface area contributed by atoms with Crippen LogP contribution in [0.5, 0.6) is 0 Å². The lowest BCUT2D eigenvalue weighted by molar-refractivity contribution is -0.115. The van der Waals surface area contributed by atoms with Crippen LogP contribution in [0.3, 0.4) is 0 Å². The summed E-state index contributed by atoms with van der Waals surface area (Å²) in [6.07, 6.45) is 5.11. The summed E-state index contributed by atoms with van der Waals surface area (Å²) in [5.41, 5.74) is 0. The third kappa shape index (κ3) is 4.39. The number of nitrogens with one attached hydrogen (secondary N) is 1. The molecule has 0 atom stereocenters. The van der Waals surface area contributed by atoms with Gasteiger partial charge in [-0.3, -0.25) is 10.1 Å².